The van der Waals surface area contributed by atoms with E-state index in [4.69, 9.17) is 9.67 Å². The average molecular weight is 233 g/mol. The Morgan fingerprint density at radius 1 is 1.35 bits per heavy atom. The molecule has 2 rings (SSSR count). The zero-order valence-electron chi connectivity index (χ0n) is 9.00. The van der Waals surface area contributed by atoms with E-state index in [-0.39, 0.29) is 6.42 Å². The molecule has 0 saturated carbocycles. The van der Waals surface area contributed by atoms with Crippen LogP contribution in [0.4, 0.5) is 0 Å². The van der Waals surface area contributed by atoms with Gasteiger partial charge in [-0.2, -0.15) is 5.26 Å². The Labute approximate surface area is 97.6 Å². The van der Waals surface area contributed by atoms with E-state index in [2.05, 4.69) is 9.87 Å². The van der Waals surface area contributed by atoms with Gasteiger partial charge in [0.25, 0.3) is 0 Å². The molecule has 1 N–H and O–H groups in total. The fraction of sp³-hybridized carbons (Fsp3) is 0.167. The van der Waals surface area contributed by atoms with Gasteiger partial charge in [0, 0.05) is 12.0 Å². The molecule has 0 aliphatic rings. The molecule has 1 aromatic heterocycles. The number of oxazole rings is 1. The van der Waals surface area contributed by atoms with E-state index in [1.54, 1.807) is 6.20 Å². The van der Waals surface area contributed by atoms with Gasteiger partial charge in [-0.25, -0.2) is 9.78 Å². The minimum absolute atomic E-state index is 0.0330. The van der Waals surface area contributed by atoms with Crippen molar-refractivity contribution in [1.82, 2.24) is 4.98 Å². The average Bonchev–Trinajstić information content (AvgIpc) is 2.86. The van der Waals surface area contributed by atoms with Crippen LogP contribution in [0.1, 0.15) is 12.3 Å². The third kappa shape index (κ3) is 2.92. The first kappa shape index (κ1) is 11.3. The molecular weight excluding hydrogens is 222 g/mol. The molecule has 0 aliphatic carbocycles. The van der Waals surface area contributed by atoms with Crippen LogP contribution in [0, 0.1) is 0 Å². The highest BCUT2D eigenvalue weighted by atomic mass is 17.1. The van der Waals surface area contributed by atoms with Gasteiger partial charge in [-0.3, -0.25) is 0 Å². The van der Waals surface area contributed by atoms with Crippen molar-refractivity contribution in [2.45, 2.75) is 12.8 Å². The van der Waals surface area contributed by atoms with Gasteiger partial charge in [0.1, 0.15) is 0 Å². The predicted octanol–water partition coefficient (Wildman–Crippen LogP) is 2.29. The minimum Gasteiger partial charge on any atom is -0.441 e. The van der Waals surface area contributed by atoms with E-state index in [1.165, 1.54) is 0 Å². The topological polar surface area (TPSA) is 72.6 Å². The Kier molecular flexibility index (Phi) is 3.52. The van der Waals surface area contributed by atoms with E-state index >= 15 is 0 Å². The standard InChI is InChI=1S/C12H11NO4/c14-12(17-15)7-6-11-13-8-10(16-11)9-4-2-1-3-5-9/h1-5,8,15H,6-7H2. The number of hydrogen-bond donors (Lipinski definition) is 1. The summed E-state index contributed by atoms with van der Waals surface area (Å²) in [7, 11) is 0. The molecule has 88 valence electrons. The van der Waals surface area contributed by atoms with Gasteiger partial charge in [0.15, 0.2) is 11.7 Å². The lowest BCUT2D eigenvalue weighted by Crippen LogP contribution is -2.02. The molecule has 0 fully saturated rings. The Bertz CT molecular complexity index is 492. The lowest BCUT2D eigenvalue weighted by atomic mass is 10.2. The van der Waals surface area contributed by atoms with Crippen LogP contribution in [0.5, 0.6) is 0 Å². The van der Waals surface area contributed by atoms with Gasteiger partial charge in [-0.15, -0.1) is 0 Å². The molecule has 1 aromatic carbocycles. The van der Waals surface area contributed by atoms with E-state index < -0.39 is 5.97 Å². The molecule has 5 nitrogen and oxygen atoms in total. The number of aromatic nitrogens is 1. The Balaban J connectivity index is 2.04. The maximum absolute atomic E-state index is 10.7. The fourth-order valence-corrected chi connectivity index (χ4v) is 1.42. The summed E-state index contributed by atoms with van der Waals surface area (Å²) in [5.74, 6) is 0.386. The smallest absolute Gasteiger partial charge is 0.342 e. The summed E-state index contributed by atoms with van der Waals surface area (Å²) in [5.41, 5.74) is 0.927. The number of benzene rings is 1. The van der Waals surface area contributed by atoms with Crippen molar-refractivity contribution >= 4 is 5.97 Å². The molecule has 0 unspecified atom stereocenters. The molecule has 0 atom stereocenters. The number of nitrogens with zero attached hydrogens (tertiary/aromatic N) is 1. The van der Waals surface area contributed by atoms with Crippen LogP contribution < -0.4 is 0 Å². The number of hydrogen-bond acceptors (Lipinski definition) is 5. The van der Waals surface area contributed by atoms with Gasteiger partial charge >= 0.3 is 5.97 Å². The van der Waals surface area contributed by atoms with Crippen molar-refractivity contribution < 1.29 is 19.4 Å². The van der Waals surface area contributed by atoms with Crippen molar-refractivity contribution in [1.29, 1.82) is 0 Å². The molecular formula is C12H11NO4. The van der Waals surface area contributed by atoms with Crippen LogP contribution in [0.25, 0.3) is 11.3 Å². The molecule has 0 amide bonds. The van der Waals surface area contributed by atoms with Gasteiger partial charge in [-0.1, -0.05) is 30.3 Å². The molecule has 5 heteroatoms. The molecule has 17 heavy (non-hydrogen) atoms. The zero-order chi connectivity index (χ0) is 12.1. The Hall–Kier alpha value is -2.14. The second-order valence-electron chi connectivity index (χ2n) is 3.45. The number of aryl methyl sites for hydroxylation is 1. The van der Waals surface area contributed by atoms with Crippen molar-refractivity contribution in [2.75, 3.05) is 0 Å². The van der Waals surface area contributed by atoms with Crippen LogP contribution in [0.2, 0.25) is 0 Å². The Morgan fingerprint density at radius 2 is 2.12 bits per heavy atom. The number of carbonyl (C=O) groups is 1. The summed E-state index contributed by atoms with van der Waals surface area (Å²) >= 11 is 0. The summed E-state index contributed by atoms with van der Waals surface area (Å²) in [6.45, 7) is 0. The second kappa shape index (κ2) is 5.27. The normalized spacial score (nSPS) is 10.2. The van der Waals surface area contributed by atoms with Gasteiger partial charge in [-0.05, 0) is 0 Å². The van der Waals surface area contributed by atoms with Crippen molar-refractivity contribution in [3.63, 3.8) is 0 Å². The monoisotopic (exact) mass is 233 g/mol. The second-order valence-corrected chi connectivity index (χ2v) is 3.45. The molecule has 0 bridgehead atoms. The van der Waals surface area contributed by atoms with Gasteiger partial charge in [0.05, 0.1) is 12.6 Å². The molecule has 2 aromatic rings. The summed E-state index contributed by atoms with van der Waals surface area (Å²) in [6, 6.07) is 9.54. The van der Waals surface area contributed by atoms with Crippen LogP contribution in [0.15, 0.2) is 40.9 Å². The van der Waals surface area contributed by atoms with Crippen molar-refractivity contribution in [2.24, 2.45) is 0 Å². The van der Waals surface area contributed by atoms with Crippen LogP contribution in [-0.4, -0.2) is 16.2 Å². The van der Waals surface area contributed by atoms with E-state index in [9.17, 15) is 4.79 Å². The third-order valence-corrected chi connectivity index (χ3v) is 2.26. The highest BCUT2D eigenvalue weighted by Gasteiger charge is 2.09. The SMILES string of the molecule is O=C(CCc1ncc(-c2ccccc2)o1)OO. The lowest BCUT2D eigenvalue weighted by molar-refractivity contribution is -0.234. The summed E-state index contributed by atoms with van der Waals surface area (Å²) < 4.78 is 5.46. The first-order chi connectivity index (χ1) is 8.29. The minimum atomic E-state index is -0.704. The molecule has 0 radical (unpaired) electrons. The highest BCUT2D eigenvalue weighted by molar-refractivity contribution is 5.68. The Morgan fingerprint density at radius 3 is 2.82 bits per heavy atom. The predicted molar refractivity (Wildman–Crippen MR) is 59.0 cm³/mol. The van der Waals surface area contributed by atoms with Gasteiger partial charge in [0.2, 0.25) is 0 Å². The van der Waals surface area contributed by atoms with Crippen molar-refractivity contribution in [3.8, 4) is 11.3 Å². The quantitative estimate of drug-likeness (QED) is 0.647. The molecule has 0 spiro atoms. The van der Waals surface area contributed by atoms with Crippen LogP contribution >= 0.6 is 0 Å². The fourth-order valence-electron chi connectivity index (χ4n) is 1.42. The number of rotatable bonds is 4. The largest absolute Gasteiger partial charge is 0.441 e. The summed E-state index contributed by atoms with van der Waals surface area (Å²) in [5, 5.41) is 8.10. The van der Waals surface area contributed by atoms with E-state index in [0.717, 1.165) is 5.56 Å². The van der Waals surface area contributed by atoms with Crippen LogP contribution in [-0.2, 0) is 16.1 Å². The zero-order valence-corrected chi connectivity index (χ0v) is 9.00. The third-order valence-electron chi connectivity index (χ3n) is 2.26. The first-order valence-corrected chi connectivity index (χ1v) is 5.14. The number of carbonyl (C=O) groups excluding carboxylic acids is 1. The maximum Gasteiger partial charge on any atom is 0.342 e. The van der Waals surface area contributed by atoms with Crippen molar-refractivity contribution in [3.05, 3.63) is 42.4 Å². The van der Waals surface area contributed by atoms with Gasteiger partial charge < -0.3 is 9.30 Å². The van der Waals surface area contributed by atoms with E-state index in [1.807, 2.05) is 30.3 Å². The maximum atomic E-state index is 10.7. The lowest BCUT2D eigenvalue weighted by Gasteiger charge is -1.95. The van der Waals surface area contributed by atoms with E-state index in [0.29, 0.717) is 18.1 Å². The summed E-state index contributed by atoms with van der Waals surface area (Å²) in [4.78, 5) is 18.3. The molecule has 1 heterocycles. The molecule has 0 aliphatic heterocycles. The highest BCUT2D eigenvalue weighted by Crippen LogP contribution is 2.20. The molecule has 0 saturated heterocycles. The summed E-state index contributed by atoms with van der Waals surface area (Å²) in [6.07, 6.45) is 1.94. The first-order valence-electron chi connectivity index (χ1n) is 5.14. The van der Waals surface area contributed by atoms with Crippen LogP contribution in [0.3, 0.4) is 0 Å².